The van der Waals surface area contributed by atoms with Crippen LogP contribution in [0.1, 0.15) is 18.4 Å². The van der Waals surface area contributed by atoms with Crippen LogP contribution in [-0.4, -0.2) is 41.3 Å². The molecule has 0 aliphatic carbocycles. The van der Waals surface area contributed by atoms with E-state index in [1.165, 1.54) is 19.4 Å². The molecule has 106 valence electrons. The Morgan fingerprint density at radius 2 is 2.20 bits per heavy atom. The smallest absolute Gasteiger partial charge is 0.159 e. The molecule has 1 aromatic carbocycles. The number of nitrogens with one attached hydrogen (secondary N) is 1. The molecule has 1 aromatic heterocycles. The molecular weight excluding hydrogens is 272 g/mol. The van der Waals surface area contributed by atoms with Crippen LogP contribution >= 0.6 is 11.6 Å². The van der Waals surface area contributed by atoms with Crippen molar-refractivity contribution in [2.24, 2.45) is 0 Å². The monoisotopic (exact) mass is 290 g/mol. The molecule has 1 aliphatic heterocycles. The van der Waals surface area contributed by atoms with Gasteiger partial charge in [0, 0.05) is 23.4 Å². The second-order valence-electron chi connectivity index (χ2n) is 5.58. The van der Waals surface area contributed by atoms with Crippen LogP contribution in [0.5, 0.6) is 0 Å². The van der Waals surface area contributed by atoms with E-state index in [1.54, 1.807) is 0 Å². The van der Waals surface area contributed by atoms with Crippen LogP contribution in [-0.2, 0) is 0 Å². The lowest BCUT2D eigenvalue weighted by Crippen LogP contribution is -2.40. The summed E-state index contributed by atoms with van der Waals surface area (Å²) in [6, 6.07) is 6.56. The number of aryl methyl sites for hydroxylation is 1. The first kappa shape index (κ1) is 13.6. The van der Waals surface area contributed by atoms with Crippen molar-refractivity contribution in [1.29, 1.82) is 0 Å². The second-order valence-corrected chi connectivity index (χ2v) is 5.94. The molecule has 0 spiro atoms. The van der Waals surface area contributed by atoms with Gasteiger partial charge in [-0.2, -0.15) is 0 Å². The summed E-state index contributed by atoms with van der Waals surface area (Å²) in [5.74, 6) is 0.841. The Kier molecular flexibility index (Phi) is 3.76. The Labute approximate surface area is 124 Å². The standard InChI is InChI=1S/C15H19ClN4/c1-10-5-3-7-12-13(10)14(16)18-19-15(12)17-11-6-4-8-20(2)9-11/h3,5,7,11H,4,6,8-9H2,1-2H3,(H,17,19). The van der Waals surface area contributed by atoms with E-state index in [-0.39, 0.29) is 0 Å². The SMILES string of the molecule is Cc1cccc2c(NC3CCCN(C)C3)nnc(Cl)c12. The van der Waals surface area contributed by atoms with Crippen LogP contribution in [0.15, 0.2) is 18.2 Å². The summed E-state index contributed by atoms with van der Waals surface area (Å²) >= 11 is 6.19. The summed E-state index contributed by atoms with van der Waals surface area (Å²) in [5.41, 5.74) is 1.13. The molecule has 1 N–H and O–H groups in total. The first-order chi connectivity index (χ1) is 9.65. The molecule has 2 heterocycles. The summed E-state index contributed by atoms with van der Waals surface area (Å²) in [6.07, 6.45) is 2.38. The van der Waals surface area contributed by atoms with Crippen LogP contribution in [0.3, 0.4) is 0 Å². The lowest BCUT2D eigenvalue weighted by atomic mass is 10.1. The van der Waals surface area contributed by atoms with E-state index in [1.807, 2.05) is 19.1 Å². The van der Waals surface area contributed by atoms with Gasteiger partial charge in [0.05, 0.1) is 0 Å². The number of likely N-dealkylation sites (N-methyl/N-ethyl adjacent to an activating group) is 1. The normalized spacial score (nSPS) is 20.2. The minimum absolute atomic E-state index is 0.424. The van der Waals surface area contributed by atoms with E-state index in [4.69, 9.17) is 11.6 Å². The first-order valence-electron chi connectivity index (χ1n) is 7.02. The summed E-state index contributed by atoms with van der Waals surface area (Å²) in [4.78, 5) is 2.35. The van der Waals surface area contributed by atoms with Crippen molar-refractivity contribution in [3.05, 3.63) is 28.9 Å². The highest BCUT2D eigenvalue weighted by atomic mass is 35.5. The van der Waals surface area contributed by atoms with Gasteiger partial charge in [-0.25, -0.2) is 0 Å². The number of fused-ring (bicyclic) bond motifs is 1. The third-order valence-corrected chi connectivity index (χ3v) is 4.20. The van der Waals surface area contributed by atoms with Crippen LogP contribution < -0.4 is 5.32 Å². The molecule has 2 aromatic rings. The van der Waals surface area contributed by atoms with Gasteiger partial charge in [-0.1, -0.05) is 29.8 Å². The molecule has 20 heavy (non-hydrogen) atoms. The van der Waals surface area contributed by atoms with E-state index in [9.17, 15) is 0 Å². The number of hydrogen-bond donors (Lipinski definition) is 1. The molecule has 1 unspecified atom stereocenters. The van der Waals surface area contributed by atoms with E-state index in [0.717, 1.165) is 28.7 Å². The fourth-order valence-electron chi connectivity index (χ4n) is 2.92. The zero-order valence-electron chi connectivity index (χ0n) is 11.9. The Morgan fingerprint density at radius 3 is 3.00 bits per heavy atom. The van der Waals surface area contributed by atoms with Gasteiger partial charge in [0.1, 0.15) is 0 Å². The number of piperidine rings is 1. The molecule has 1 atom stereocenters. The van der Waals surface area contributed by atoms with E-state index in [2.05, 4.69) is 33.5 Å². The topological polar surface area (TPSA) is 41.0 Å². The third kappa shape index (κ3) is 2.58. The largest absolute Gasteiger partial charge is 0.364 e. The summed E-state index contributed by atoms with van der Waals surface area (Å²) < 4.78 is 0. The number of rotatable bonds is 2. The number of halogens is 1. The maximum absolute atomic E-state index is 6.19. The molecule has 1 fully saturated rings. The predicted octanol–water partition coefficient (Wildman–Crippen LogP) is 3.10. The van der Waals surface area contributed by atoms with Gasteiger partial charge in [0.2, 0.25) is 0 Å². The molecule has 1 saturated heterocycles. The zero-order chi connectivity index (χ0) is 14.1. The third-order valence-electron chi connectivity index (χ3n) is 3.94. The molecule has 5 heteroatoms. The van der Waals surface area contributed by atoms with Gasteiger partial charge in [-0.05, 0) is 38.9 Å². The van der Waals surface area contributed by atoms with E-state index in [0.29, 0.717) is 11.2 Å². The van der Waals surface area contributed by atoms with Crippen LogP contribution in [0.2, 0.25) is 5.15 Å². The van der Waals surface area contributed by atoms with Gasteiger partial charge in [0.25, 0.3) is 0 Å². The maximum atomic E-state index is 6.19. The van der Waals surface area contributed by atoms with Crippen molar-refractivity contribution < 1.29 is 0 Å². The van der Waals surface area contributed by atoms with Gasteiger partial charge in [-0.3, -0.25) is 0 Å². The Hall–Kier alpha value is -1.39. The molecule has 3 rings (SSSR count). The molecular formula is C15H19ClN4. The average Bonchev–Trinajstić information content (AvgIpc) is 2.42. The number of anilines is 1. The van der Waals surface area contributed by atoms with Crippen LogP contribution in [0.25, 0.3) is 10.8 Å². The lowest BCUT2D eigenvalue weighted by Gasteiger charge is -2.30. The van der Waals surface area contributed by atoms with Crippen molar-refractivity contribution in [2.75, 3.05) is 25.5 Å². The number of hydrogen-bond acceptors (Lipinski definition) is 4. The van der Waals surface area contributed by atoms with Gasteiger partial charge < -0.3 is 10.2 Å². The number of likely N-dealkylation sites (tertiary alicyclic amines) is 1. The number of aromatic nitrogens is 2. The van der Waals surface area contributed by atoms with Crippen molar-refractivity contribution in [3.8, 4) is 0 Å². The predicted molar refractivity (Wildman–Crippen MR) is 83.4 cm³/mol. The zero-order valence-corrected chi connectivity index (χ0v) is 12.6. The summed E-state index contributed by atoms with van der Waals surface area (Å²) in [7, 11) is 2.16. The molecule has 0 amide bonds. The summed E-state index contributed by atoms with van der Waals surface area (Å²) in [5, 5.41) is 14.4. The Bertz CT molecular complexity index is 620. The highest BCUT2D eigenvalue weighted by molar-refractivity contribution is 6.34. The molecule has 0 radical (unpaired) electrons. The van der Waals surface area contributed by atoms with Crippen molar-refractivity contribution in [2.45, 2.75) is 25.8 Å². The van der Waals surface area contributed by atoms with E-state index >= 15 is 0 Å². The lowest BCUT2D eigenvalue weighted by molar-refractivity contribution is 0.261. The molecule has 0 saturated carbocycles. The van der Waals surface area contributed by atoms with Crippen LogP contribution in [0.4, 0.5) is 5.82 Å². The van der Waals surface area contributed by atoms with E-state index < -0.39 is 0 Å². The first-order valence-corrected chi connectivity index (χ1v) is 7.39. The summed E-state index contributed by atoms with van der Waals surface area (Å²) in [6.45, 7) is 4.26. The highest BCUT2D eigenvalue weighted by Gasteiger charge is 2.19. The minimum atomic E-state index is 0.424. The average molecular weight is 291 g/mol. The second kappa shape index (κ2) is 5.54. The molecule has 4 nitrogen and oxygen atoms in total. The van der Waals surface area contributed by atoms with Crippen LogP contribution in [0, 0.1) is 6.92 Å². The van der Waals surface area contributed by atoms with Crippen molar-refractivity contribution in [1.82, 2.24) is 15.1 Å². The fraction of sp³-hybridized carbons (Fsp3) is 0.467. The fourth-order valence-corrected chi connectivity index (χ4v) is 3.21. The maximum Gasteiger partial charge on any atom is 0.159 e. The number of benzene rings is 1. The van der Waals surface area contributed by atoms with Gasteiger partial charge in [-0.15, -0.1) is 10.2 Å². The van der Waals surface area contributed by atoms with Crippen molar-refractivity contribution in [3.63, 3.8) is 0 Å². The van der Waals surface area contributed by atoms with Gasteiger partial charge in [0.15, 0.2) is 11.0 Å². The van der Waals surface area contributed by atoms with Gasteiger partial charge >= 0.3 is 0 Å². The Morgan fingerprint density at radius 1 is 1.35 bits per heavy atom. The molecule has 0 bridgehead atoms. The quantitative estimate of drug-likeness (QED) is 0.923. The highest BCUT2D eigenvalue weighted by Crippen LogP contribution is 2.29. The molecule has 1 aliphatic rings. The van der Waals surface area contributed by atoms with Crippen molar-refractivity contribution >= 4 is 28.2 Å². The Balaban J connectivity index is 1.96. The minimum Gasteiger partial charge on any atom is -0.364 e. The number of nitrogens with zero attached hydrogens (tertiary/aromatic N) is 3.